The summed E-state index contributed by atoms with van der Waals surface area (Å²) >= 11 is 0. The molecule has 24 heavy (non-hydrogen) atoms. The molecule has 0 aliphatic carbocycles. The van der Waals surface area contributed by atoms with E-state index in [1.807, 2.05) is 32.0 Å². The van der Waals surface area contributed by atoms with Crippen molar-refractivity contribution < 1.29 is 13.6 Å². The highest BCUT2D eigenvalue weighted by Crippen LogP contribution is 2.50. The van der Waals surface area contributed by atoms with Crippen molar-refractivity contribution in [3.63, 3.8) is 0 Å². The third kappa shape index (κ3) is 7.37. The molecule has 1 aromatic carbocycles. The molecule has 0 aliphatic rings. The third-order valence-electron chi connectivity index (χ3n) is 3.57. The first-order chi connectivity index (χ1) is 11.5. The molecule has 0 amide bonds. The van der Waals surface area contributed by atoms with Crippen LogP contribution in [0.2, 0.25) is 0 Å². The van der Waals surface area contributed by atoms with Gasteiger partial charge in [0.05, 0.1) is 17.5 Å². The van der Waals surface area contributed by atoms with Crippen molar-refractivity contribution in [1.29, 1.82) is 0 Å². The Kier molecular flexibility index (Phi) is 9.51. The maximum absolute atomic E-state index is 13.4. The Morgan fingerprint density at radius 2 is 1.42 bits per heavy atom. The molecule has 0 bridgehead atoms. The van der Waals surface area contributed by atoms with Gasteiger partial charge < -0.3 is 9.05 Å². The van der Waals surface area contributed by atoms with Crippen molar-refractivity contribution in [3.05, 3.63) is 30.3 Å². The minimum atomic E-state index is -3.38. The Labute approximate surface area is 146 Å². The largest absolute Gasteiger partial charge is 0.361 e. The first kappa shape index (κ1) is 20.5. The molecule has 0 saturated carbocycles. The SMILES string of the molecule is C#CCCCC(C)OP(=O)(OC(C)CCCC#C)c1ccccc1. The van der Waals surface area contributed by atoms with Gasteiger partial charge in [0.25, 0.3) is 0 Å². The summed E-state index contributed by atoms with van der Waals surface area (Å²) in [5.74, 6) is 5.21. The molecule has 0 fully saturated rings. The van der Waals surface area contributed by atoms with Crippen LogP contribution in [0.25, 0.3) is 0 Å². The maximum Gasteiger partial charge on any atom is 0.361 e. The van der Waals surface area contributed by atoms with Gasteiger partial charge in [0.2, 0.25) is 0 Å². The fourth-order valence-electron chi connectivity index (χ4n) is 2.32. The van der Waals surface area contributed by atoms with Crippen LogP contribution < -0.4 is 5.30 Å². The first-order valence-electron chi connectivity index (χ1n) is 8.41. The van der Waals surface area contributed by atoms with Gasteiger partial charge in [-0.1, -0.05) is 18.2 Å². The summed E-state index contributed by atoms with van der Waals surface area (Å²) in [5.41, 5.74) is 0. The third-order valence-corrected chi connectivity index (χ3v) is 5.78. The van der Waals surface area contributed by atoms with E-state index in [1.54, 1.807) is 12.1 Å². The van der Waals surface area contributed by atoms with Crippen LogP contribution in [0, 0.1) is 24.7 Å². The van der Waals surface area contributed by atoms with E-state index in [4.69, 9.17) is 21.9 Å². The normalized spacial score (nSPS) is 15.7. The highest BCUT2D eigenvalue weighted by atomic mass is 31.2. The Hall–Kier alpha value is -1.51. The van der Waals surface area contributed by atoms with Crippen molar-refractivity contribution in [2.45, 2.75) is 64.6 Å². The molecular weight excluding hydrogens is 319 g/mol. The summed E-state index contributed by atoms with van der Waals surface area (Å²) in [5, 5.41) is 0.581. The highest BCUT2D eigenvalue weighted by Gasteiger charge is 2.31. The summed E-state index contributed by atoms with van der Waals surface area (Å²) in [6, 6.07) is 9.11. The standard InChI is InChI=1S/C20H27O3P/c1-5-7-10-14-18(3)22-24(21,20-16-12-9-13-17-20)23-19(4)15-11-8-6-2/h1-2,9,12-13,16-19H,7-8,10-11,14-15H2,3-4H3. The number of rotatable bonds is 11. The van der Waals surface area contributed by atoms with Gasteiger partial charge in [-0.25, -0.2) is 0 Å². The molecule has 0 aromatic heterocycles. The smallest absolute Gasteiger partial charge is 0.302 e. The zero-order valence-electron chi connectivity index (χ0n) is 14.6. The molecular formula is C20H27O3P. The second-order valence-corrected chi connectivity index (χ2v) is 7.79. The summed E-state index contributed by atoms with van der Waals surface area (Å²) in [6.07, 6.45) is 14.7. The molecule has 0 heterocycles. The van der Waals surface area contributed by atoms with E-state index >= 15 is 0 Å². The van der Waals surface area contributed by atoms with Crippen molar-refractivity contribution in [1.82, 2.24) is 0 Å². The van der Waals surface area contributed by atoms with Gasteiger partial charge in [0, 0.05) is 12.8 Å². The van der Waals surface area contributed by atoms with Crippen LogP contribution in [-0.4, -0.2) is 12.2 Å². The minimum Gasteiger partial charge on any atom is -0.302 e. The predicted molar refractivity (Wildman–Crippen MR) is 100 cm³/mol. The molecule has 0 saturated heterocycles. The van der Waals surface area contributed by atoms with Crippen molar-refractivity contribution in [2.75, 3.05) is 0 Å². The average molecular weight is 346 g/mol. The predicted octanol–water partition coefficient (Wildman–Crippen LogP) is 4.92. The van der Waals surface area contributed by atoms with Crippen molar-refractivity contribution in [3.8, 4) is 24.7 Å². The van der Waals surface area contributed by atoms with Gasteiger partial charge in [-0.15, -0.1) is 24.7 Å². The number of terminal acetylenes is 2. The van der Waals surface area contributed by atoms with E-state index in [2.05, 4.69) is 11.8 Å². The molecule has 0 spiro atoms. The lowest BCUT2D eigenvalue weighted by Crippen LogP contribution is -2.19. The lowest BCUT2D eigenvalue weighted by molar-refractivity contribution is 0.125. The molecule has 1 rings (SSSR count). The van der Waals surface area contributed by atoms with Crippen LogP contribution in [0.1, 0.15) is 52.4 Å². The second kappa shape index (κ2) is 11.1. The van der Waals surface area contributed by atoms with Crippen molar-refractivity contribution >= 4 is 12.9 Å². The van der Waals surface area contributed by atoms with Crippen LogP contribution >= 0.6 is 7.60 Å². The van der Waals surface area contributed by atoms with Gasteiger partial charge in [0.1, 0.15) is 0 Å². The molecule has 130 valence electrons. The lowest BCUT2D eigenvalue weighted by atomic mass is 10.2. The van der Waals surface area contributed by atoms with Gasteiger partial charge in [-0.2, -0.15) is 0 Å². The minimum absolute atomic E-state index is 0.192. The zero-order valence-corrected chi connectivity index (χ0v) is 15.5. The molecule has 0 aliphatic heterocycles. The van der Waals surface area contributed by atoms with Gasteiger partial charge in [0.15, 0.2) is 0 Å². The number of benzene rings is 1. The second-order valence-electron chi connectivity index (χ2n) is 5.86. The molecule has 4 heteroatoms. The molecule has 3 nitrogen and oxygen atoms in total. The Bertz CT molecular complexity index is 566. The Balaban J connectivity index is 2.79. The summed E-state index contributed by atoms with van der Waals surface area (Å²) in [7, 11) is -3.38. The topological polar surface area (TPSA) is 35.5 Å². The lowest BCUT2D eigenvalue weighted by Gasteiger charge is -2.25. The molecule has 2 unspecified atom stereocenters. The van der Waals surface area contributed by atoms with E-state index in [9.17, 15) is 4.57 Å². The van der Waals surface area contributed by atoms with Crippen LogP contribution in [0.15, 0.2) is 30.3 Å². The fraction of sp³-hybridized carbons (Fsp3) is 0.500. The molecule has 2 atom stereocenters. The quantitative estimate of drug-likeness (QED) is 0.324. The van der Waals surface area contributed by atoms with E-state index in [1.165, 1.54) is 0 Å². The molecule has 0 radical (unpaired) electrons. The summed E-state index contributed by atoms with van der Waals surface area (Å²) < 4.78 is 25.1. The average Bonchev–Trinajstić information content (AvgIpc) is 2.56. The van der Waals surface area contributed by atoms with Gasteiger partial charge in [-0.3, -0.25) is 4.57 Å². The fourth-order valence-corrected chi connectivity index (χ4v) is 4.31. The van der Waals surface area contributed by atoms with E-state index in [0.717, 1.165) is 25.7 Å². The Morgan fingerprint density at radius 3 is 1.83 bits per heavy atom. The maximum atomic E-state index is 13.4. The van der Waals surface area contributed by atoms with E-state index < -0.39 is 7.60 Å². The van der Waals surface area contributed by atoms with Crippen LogP contribution in [0.3, 0.4) is 0 Å². The van der Waals surface area contributed by atoms with E-state index in [-0.39, 0.29) is 12.2 Å². The number of hydrogen-bond donors (Lipinski definition) is 0. The first-order valence-corrected chi connectivity index (χ1v) is 9.95. The van der Waals surface area contributed by atoms with E-state index in [0.29, 0.717) is 18.1 Å². The summed E-state index contributed by atoms with van der Waals surface area (Å²) in [6.45, 7) is 3.80. The van der Waals surface area contributed by atoms with Crippen LogP contribution in [0.4, 0.5) is 0 Å². The monoisotopic (exact) mass is 346 g/mol. The summed E-state index contributed by atoms with van der Waals surface area (Å²) in [4.78, 5) is 0. The zero-order chi connectivity index (χ0) is 17.8. The van der Waals surface area contributed by atoms with Crippen LogP contribution in [-0.2, 0) is 13.6 Å². The number of hydrogen-bond acceptors (Lipinski definition) is 3. The van der Waals surface area contributed by atoms with Crippen LogP contribution in [0.5, 0.6) is 0 Å². The highest BCUT2D eigenvalue weighted by molar-refractivity contribution is 7.62. The molecule has 0 N–H and O–H groups in total. The Morgan fingerprint density at radius 1 is 0.958 bits per heavy atom. The van der Waals surface area contributed by atoms with Crippen molar-refractivity contribution in [2.24, 2.45) is 0 Å². The van der Waals surface area contributed by atoms with Gasteiger partial charge >= 0.3 is 7.60 Å². The molecule has 1 aromatic rings. The van der Waals surface area contributed by atoms with Gasteiger partial charge in [-0.05, 0) is 51.7 Å². The number of unbranched alkanes of at least 4 members (excludes halogenated alkanes) is 2.